The fraction of sp³-hybridized carbons (Fsp3) is 0.579. The zero-order valence-corrected chi connectivity index (χ0v) is 15.6. The van der Waals surface area contributed by atoms with Gasteiger partial charge < -0.3 is 9.30 Å². The van der Waals surface area contributed by atoms with Crippen molar-refractivity contribution in [3.05, 3.63) is 30.0 Å². The van der Waals surface area contributed by atoms with E-state index in [9.17, 15) is 8.42 Å². The van der Waals surface area contributed by atoms with E-state index < -0.39 is 10.0 Å². The Morgan fingerprint density at radius 2 is 2.00 bits per heavy atom. The highest BCUT2D eigenvalue weighted by Gasteiger charge is 2.64. The SMILES string of the molecule is Cc1c(S(=O)(=O)N2CC3(CCCO3)C2C2CC2)c2ccccc2n1C. The summed E-state index contributed by atoms with van der Waals surface area (Å²) in [4.78, 5) is 0.476. The lowest BCUT2D eigenvalue weighted by molar-refractivity contribution is -0.132. The molecule has 1 spiro atoms. The number of para-hydroxylation sites is 1. The van der Waals surface area contributed by atoms with Gasteiger partial charge in [-0.25, -0.2) is 8.42 Å². The molecule has 3 fully saturated rings. The molecule has 2 saturated heterocycles. The molecule has 25 heavy (non-hydrogen) atoms. The van der Waals surface area contributed by atoms with Crippen LogP contribution in [0.5, 0.6) is 0 Å². The van der Waals surface area contributed by atoms with Crippen LogP contribution in [0.3, 0.4) is 0 Å². The summed E-state index contributed by atoms with van der Waals surface area (Å²) >= 11 is 0. The predicted octanol–water partition coefficient (Wildman–Crippen LogP) is 2.82. The summed E-state index contributed by atoms with van der Waals surface area (Å²) in [6, 6.07) is 7.80. The molecule has 2 aliphatic heterocycles. The Morgan fingerprint density at radius 3 is 2.68 bits per heavy atom. The molecule has 0 amide bonds. The lowest BCUT2D eigenvalue weighted by atomic mass is 9.80. The second kappa shape index (κ2) is 5.09. The van der Waals surface area contributed by atoms with Crippen molar-refractivity contribution >= 4 is 20.9 Å². The summed E-state index contributed by atoms with van der Waals surface area (Å²) in [5.74, 6) is 0.469. The molecular formula is C19H24N2O3S. The van der Waals surface area contributed by atoms with Crippen LogP contribution >= 0.6 is 0 Å². The van der Waals surface area contributed by atoms with Gasteiger partial charge in [-0.15, -0.1) is 0 Å². The van der Waals surface area contributed by atoms with E-state index in [1.807, 2.05) is 42.8 Å². The monoisotopic (exact) mass is 360 g/mol. The first-order valence-corrected chi connectivity index (χ1v) is 10.6. The van der Waals surface area contributed by atoms with Crippen molar-refractivity contribution in [3.8, 4) is 0 Å². The summed E-state index contributed by atoms with van der Waals surface area (Å²) in [7, 11) is -1.59. The lowest BCUT2D eigenvalue weighted by Crippen LogP contribution is -2.71. The van der Waals surface area contributed by atoms with Crippen molar-refractivity contribution in [2.45, 2.75) is 49.1 Å². The van der Waals surface area contributed by atoms with Gasteiger partial charge in [0, 0.05) is 36.8 Å². The van der Waals surface area contributed by atoms with E-state index in [4.69, 9.17) is 4.74 Å². The van der Waals surface area contributed by atoms with Gasteiger partial charge in [0.05, 0.1) is 11.6 Å². The van der Waals surface area contributed by atoms with E-state index >= 15 is 0 Å². The summed E-state index contributed by atoms with van der Waals surface area (Å²) in [5, 5.41) is 0.824. The topological polar surface area (TPSA) is 51.5 Å². The number of rotatable bonds is 3. The van der Waals surface area contributed by atoms with Crippen molar-refractivity contribution in [2.75, 3.05) is 13.2 Å². The maximum Gasteiger partial charge on any atom is 0.245 e. The number of aryl methyl sites for hydroxylation is 1. The van der Waals surface area contributed by atoms with Crippen LogP contribution in [0.4, 0.5) is 0 Å². The normalized spacial score (nSPS) is 30.2. The van der Waals surface area contributed by atoms with Crippen LogP contribution in [-0.2, 0) is 21.8 Å². The van der Waals surface area contributed by atoms with Crippen LogP contribution in [-0.4, -0.2) is 42.1 Å². The molecule has 3 heterocycles. The number of sulfonamides is 1. The quantitative estimate of drug-likeness (QED) is 0.846. The van der Waals surface area contributed by atoms with Crippen molar-refractivity contribution in [1.29, 1.82) is 0 Å². The van der Waals surface area contributed by atoms with Gasteiger partial charge in [-0.05, 0) is 44.6 Å². The molecule has 0 radical (unpaired) electrons. The molecule has 5 nitrogen and oxygen atoms in total. The summed E-state index contributed by atoms with van der Waals surface area (Å²) < 4.78 is 37.0. The van der Waals surface area contributed by atoms with Gasteiger partial charge in [-0.3, -0.25) is 0 Å². The van der Waals surface area contributed by atoms with Crippen molar-refractivity contribution in [3.63, 3.8) is 0 Å². The minimum atomic E-state index is -3.52. The molecule has 5 rings (SSSR count). The number of hydrogen-bond donors (Lipinski definition) is 0. The molecule has 0 N–H and O–H groups in total. The largest absolute Gasteiger partial charge is 0.372 e. The van der Waals surface area contributed by atoms with E-state index in [0.29, 0.717) is 17.4 Å². The van der Waals surface area contributed by atoms with Gasteiger partial charge in [0.1, 0.15) is 4.90 Å². The fourth-order valence-corrected chi connectivity index (χ4v) is 7.17. The zero-order chi connectivity index (χ0) is 17.4. The van der Waals surface area contributed by atoms with E-state index in [-0.39, 0.29) is 11.6 Å². The smallest absolute Gasteiger partial charge is 0.245 e. The summed E-state index contributed by atoms with van der Waals surface area (Å²) in [5.41, 5.74) is 1.56. The maximum atomic E-state index is 13.6. The molecule has 2 atom stereocenters. The number of ether oxygens (including phenoxy) is 1. The Balaban J connectivity index is 1.62. The van der Waals surface area contributed by atoms with Crippen LogP contribution in [0.25, 0.3) is 10.9 Å². The van der Waals surface area contributed by atoms with Gasteiger partial charge >= 0.3 is 0 Å². The van der Waals surface area contributed by atoms with Gasteiger partial charge in [0.25, 0.3) is 0 Å². The molecule has 2 unspecified atom stereocenters. The standard InChI is InChI=1S/C19H24N2O3S/c1-13-17(15-6-3-4-7-16(15)20(13)2)25(22,23)21-12-19(10-5-11-24-19)18(21)14-8-9-14/h3-4,6-7,14,18H,5,8-12H2,1-2H3. The number of nitrogens with zero attached hydrogens (tertiary/aromatic N) is 2. The second-order valence-corrected chi connectivity index (χ2v) is 9.67. The number of benzene rings is 1. The Hall–Kier alpha value is -1.37. The molecule has 1 aliphatic carbocycles. The molecule has 3 aliphatic rings. The Morgan fingerprint density at radius 1 is 1.24 bits per heavy atom. The first-order chi connectivity index (χ1) is 12.0. The van der Waals surface area contributed by atoms with Crippen LogP contribution in [0.2, 0.25) is 0 Å². The van der Waals surface area contributed by atoms with E-state index in [0.717, 1.165) is 48.9 Å². The minimum Gasteiger partial charge on any atom is -0.372 e. The van der Waals surface area contributed by atoms with Gasteiger partial charge in [-0.2, -0.15) is 4.31 Å². The minimum absolute atomic E-state index is 0.0263. The van der Waals surface area contributed by atoms with Gasteiger partial charge in [-0.1, -0.05) is 18.2 Å². The molecule has 1 aromatic carbocycles. The molecule has 2 aromatic rings. The third kappa shape index (κ3) is 2.04. The van der Waals surface area contributed by atoms with Gasteiger partial charge in [0.15, 0.2) is 0 Å². The molecule has 134 valence electrons. The predicted molar refractivity (Wildman–Crippen MR) is 96.0 cm³/mol. The molecular weight excluding hydrogens is 336 g/mol. The van der Waals surface area contributed by atoms with E-state index in [2.05, 4.69) is 0 Å². The molecule has 6 heteroatoms. The molecule has 0 bridgehead atoms. The molecule has 1 aromatic heterocycles. The second-order valence-electron chi connectivity index (χ2n) is 7.84. The average Bonchev–Trinajstić information content (AvgIpc) is 3.17. The van der Waals surface area contributed by atoms with E-state index in [1.54, 1.807) is 4.31 Å². The third-order valence-corrected chi connectivity index (χ3v) is 8.39. The maximum absolute atomic E-state index is 13.6. The zero-order valence-electron chi connectivity index (χ0n) is 14.7. The van der Waals surface area contributed by atoms with Crippen LogP contribution in [0.1, 0.15) is 31.4 Å². The highest BCUT2D eigenvalue weighted by atomic mass is 32.2. The number of fused-ring (bicyclic) bond motifs is 1. The first-order valence-electron chi connectivity index (χ1n) is 9.15. The Labute approximate surface area is 148 Å². The molecule has 1 saturated carbocycles. The van der Waals surface area contributed by atoms with Crippen LogP contribution in [0.15, 0.2) is 29.2 Å². The highest BCUT2D eigenvalue weighted by Crippen LogP contribution is 2.53. The number of aromatic nitrogens is 1. The van der Waals surface area contributed by atoms with Crippen molar-refractivity contribution in [2.24, 2.45) is 13.0 Å². The van der Waals surface area contributed by atoms with Crippen molar-refractivity contribution in [1.82, 2.24) is 8.87 Å². The van der Waals surface area contributed by atoms with Crippen LogP contribution in [0, 0.1) is 12.8 Å². The van der Waals surface area contributed by atoms with E-state index in [1.165, 1.54) is 0 Å². The lowest BCUT2D eigenvalue weighted by Gasteiger charge is -2.54. The average molecular weight is 360 g/mol. The van der Waals surface area contributed by atoms with Crippen molar-refractivity contribution < 1.29 is 13.2 Å². The first kappa shape index (κ1) is 15.9. The van der Waals surface area contributed by atoms with Gasteiger partial charge in [0.2, 0.25) is 10.0 Å². The fourth-order valence-electron chi connectivity index (χ4n) is 4.92. The Bertz CT molecular complexity index is 952. The highest BCUT2D eigenvalue weighted by molar-refractivity contribution is 7.89. The Kier molecular flexibility index (Phi) is 3.22. The summed E-state index contributed by atoms with van der Waals surface area (Å²) in [6.07, 6.45) is 4.28. The summed E-state index contributed by atoms with van der Waals surface area (Å²) in [6.45, 7) is 3.18. The number of hydrogen-bond acceptors (Lipinski definition) is 3. The van der Waals surface area contributed by atoms with Crippen LogP contribution < -0.4 is 0 Å². The third-order valence-electron chi connectivity index (χ3n) is 6.38.